The predicted octanol–water partition coefficient (Wildman–Crippen LogP) is 4.54. The first kappa shape index (κ1) is 17.7. The van der Waals surface area contributed by atoms with Gasteiger partial charge in [0.2, 0.25) is 5.89 Å². The molecule has 1 N–H and O–H groups in total. The summed E-state index contributed by atoms with van der Waals surface area (Å²) in [6.07, 6.45) is 2.93. The largest absolute Gasteiger partial charge is 0.490 e. The molecule has 2 aromatic rings. The number of ether oxygens (including phenoxy) is 1. The smallest absolute Gasteiger partial charge is 0.306 e. The van der Waals surface area contributed by atoms with Crippen LogP contribution < -0.4 is 4.74 Å². The number of carboxylic acids is 1. The summed E-state index contributed by atoms with van der Waals surface area (Å²) >= 11 is 6.10. The Labute approximate surface area is 151 Å². The molecule has 6 nitrogen and oxygen atoms in total. The van der Waals surface area contributed by atoms with E-state index in [9.17, 15) is 9.90 Å². The second-order valence-electron chi connectivity index (χ2n) is 6.65. The molecule has 1 aliphatic carbocycles. The number of carbonyl (C=O) groups is 1. The number of hydrogen-bond donors (Lipinski definition) is 1. The lowest BCUT2D eigenvalue weighted by Crippen LogP contribution is -2.21. The second kappa shape index (κ2) is 7.44. The van der Waals surface area contributed by atoms with Crippen LogP contribution in [0.4, 0.5) is 0 Å². The monoisotopic (exact) mass is 364 g/mol. The van der Waals surface area contributed by atoms with Gasteiger partial charge in [-0.25, -0.2) is 0 Å². The first-order valence-corrected chi connectivity index (χ1v) is 8.84. The molecule has 0 aliphatic heterocycles. The van der Waals surface area contributed by atoms with Crippen LogP contribution in [0.15, 0.2) is 22.6 Å². The minimum Gasteiger partial charge on any atom is -0.490 e. The van der Waals surface area contributed by atoms with Crippen molar-refractivity contribution in [3.05, 3.63) is 29.1 Å². The van der Waals surface area contributed by atoms with Gasteiger partial charge in [0.1, 0.15) is 5.75 Å². The van der Waals surface area contributed by atoms with Gasteiger partial charge in [-0.3, -0.25) is 4.79 Å². The molecular formula is C18H21ClN2O4. The van der Waals surface area contributed by atoms with Crippen molar-refractivity contribution in [1.82, 2.24) is 10.2 Å². The molecule has 1 aliphatic rings. The van der Waals surface area contributed by atoms with Crippen LogP contribution in [0.2, 0.25) is 5.02 Å². The van der Waals surface area contributed by atoms with E-state index in [1.54, 1.807) is 18.2 Å². The summed E-state index contributed by atoms with van der Waals surface area (Å²) in [6, 6.07) is 5.26. The highest BCUT2D eigenvalue weighted by molar-refractivity contribution is 6.30. The summed E-state index contributed by atoms with van der Waals surface area (Å²) < 4.78 is 11.7. The van der Waals surface area contributed by atoms with Crippen LogP contribution in [0, 0.1) is 5.92 Å². The molecule has 7 heteroatoms. The van der Waals surface area contributed by atoms with Crippen LogP contribution >= 0.6 is 11.6 Å². The van der Waals surface area contributed by atoms with Crippen LogP contribution in [-0.2, 0) is 4.79 Å². The Morgan fingerprint density at radius 3 is 2.88 bits per heavy atom. The van der Waals surface area contributed by atoms with Crippen molar-refractivity contribution in [2.24, 2.45) is 5.92 Å². The highest BCUT2D eigenvalue weighted by Gasteiger charge is 2.31. The van der Waals surface area contributed by atoms with E-state index in [0.717, 1.165) is 12.8 Å². The SMILES string of the molecule is CC(C)Oc1ccc(Cl)cc1-c1nnc([C@H]2CCC[C@@H](C(=O)O)C2)o1. The number of rotatable bonds is 5. The summed E-state index contributed by atoms with van der Waals surface area (Å²) in [5.41, 5.74) is 0.644. The van der Waals surface area contributed by atoms with Gasteiger partial charge >= 0.3 is 5.97 Å². The maximum atomic E-state index is 11.2. The molecule has 1 fully saturated rings. The minimum absolute atomic E-state index is 0.00279. The van der Waals surface area contributed by atoms with Gasteiger partial charge in [0, 0.05) is 10.9 Å². The molecule has 0 saturated heterocycles. The fourth-order valence-corrected chi connectivity index (χ4v) is 3.34. The zero-order valence-corrected chi connectivity index (χ0v) is 15.0. The fraction of sp³-hybridized carbons (Fsp3) is 0.500. The van der Waals surface area contributed by atoms with E-state index in [1.807, 2.05) is 13.8 Å². The zero-order valence-electron chi connectivity index (χ0n) is 14.2. The van der Waals surface area contributed by atoms with Crippen molar-refractivity contribution in [1.29, 1.82) is 0 Å². The van der Waals surface area contributed by atoms with Gasteiger partial charge in [-0.1, -0.05) is 18.0 Å². The Morgan fingerprint density at radius 1 is 1.36 bits per heavy atom. The molecular weight excluding hydrogens is 344 g/mol. The van der Waals surface area contributed by atoms with Crippen molar-refractivity contribution in [3.8, 4) is 17.2 Å². The molecule has 2 atom stereocenters. The van der Waals surface area contributed by atoms with Crippen LogP contribution in [0.3, 0.4) is 0 Å². The van der Waals surface area contributed by atoms with Gasteiger partial charge < -0.3 is 14.3 Å². The normalized spacial score (nSPS) is 20.6. The third kappa shape index (κ3) is 4.12. The number of carboxylic acid groups (broad SMARTS) is 1. The molecule has 1 aromatic heterocycles. The van der Waals surface area contributed by atoms with Crippen molar-refractivity contribution in [2.75, 3.05) is 0 Å². The molecule has 0 amide bonds. The lowest BCUT2D eigenvalue weighted by Gasteiger charge is -2.23. The Bertz CT molecular complexity index is 759. The van der Waals surface area contributed by atoms with E-state index in [4.69, 9.17) is 20.8 Å². The fourth-order valence-electron chi connectivity index (χ4n) is 3.17. The van der Waals surface area contributed by atoms with E-state index >= 15 is 0 Å². The molecule has 25 heavy (non-hydrogen) atoms. The van der Waals surface area contributed by atoms with Crippen LogP contribution in [0.5, 0.6) is 5.75 Å². The molecule has 0 unspecified atom stereocenters. The van der Waals surface area contributed by atoms with Gasteiger partial charge in [0.25, 0.3) is 5.89 Å². The molecule has 1 saturated carbocycles. The summed E-state index contributed by atoms with van der Waals surface area (Å²) in [5, 5.41) is 18.1. The molecule has 0 spiro atoms. The van der Waals surface area contributed by atoms with E-state index < -0.39 is 5.97 Å². The quantitative estimate of drug-likeness (QED) is 0.838. The maximum absolute atomic E-state index is 11.2. The summed E-state index contributed by atoms with van der Waals surface area (Å²) in [7, 11) is 0. The number of aromatic nitrogens is 2. The van der Waals surface area contributed by atoms with Gasteiger partial charge in [0.15, 0.2) is 0 Å². The summed E-state index contributed by atoms with van der Waals surface area (Å²) in [4.78, 5) is 11.2. The molecule has 1 heterocycles. The van der Waals surface area contributed by atoms with Gasteiger partial charge in [-0.15, -0.1) is 10.2 Å². The molecule has 0 bridgehead atoms. The topological polar surface area (TPSA) is 85.5 Å². The van der Waals surface area contributed by atoms with Crippen molar-refractivity contribution in [2.45, 2.75) is 51.6 Å². The third-order valence-corrected chi connectivity index (χ3v) is 4.58. The average molecular weight is 365 g/mol. The number of hydrogen-bond acceptors (Lipinski definition) is 5. The molecule has 1 aromatic carbocycles. The van der Waals surface area contributed by atoms with E-state index in [-0.39, 0.29) is 17.9 Å². The van der Waals surface area contributed by atoms with Crippen LogP contribution in [0.1, 0.15) is 51.3 Å². The molecule has 0 radical (unpaired) electrons. The number of nitrogens with zero attached hydrogens (tertiary/aromatic N) is 2. The number of benzene rings is 1. The third-order valence-electron chi connectivity index (χ3n) is 4.35. The summed E-state index contributed by atoms with van der Waals surface area (Å²) in [6.45, 7) is 3.87. The predicted molar refractivity (Wildman–Crippen MR) is 92.8 cm³/mol. The lowest BCUT2D eigenvalue weighted by molar-refractivity contribution is -0.143. The lowest BCUT2D eigenvalue weighted by atomic mass is 9.81. The number of halogens is 1. The van der Waals surface area contributed by atoms with E-state index in [2.05, 4.69) is 10.2 Å². The Balaban J connectivity index is 1.86. The van der Waals surface area contributed by atoms with Crippen LogP contribution in [0.25, 0.3) is 11.5 Å². The highest BCUT2D eigenvalue weighted by atomic mass is 35.5. The molecule has 134 valence electrons. The van der Waals surface area contributed by atoms with Crippen molar-refractivity contribution < 1.29 is 19.1 Å². The van der Waals surface area contributed by atoms with Crippen molar-refractivity contribution >= 4 is 17.6 Å². The number of aliphatic carboxylic acids is 1. The van der Waals surface area contributed by atoms with Crippen molar-refractivity contribution in [3.63, 3.8) is 0 Å². The Kier molecular flexibility index (Phi) is 5.27. The van der Waals surface area contributed by atoms with E-state index in [1.165, 1.54) is 0 Å². The standard InChI is InChI=1S/C18H21ClN2O4/c1-10(2)24-15-7-6-13(19)9-14(15)17-21-20-16(25-17)11-4-3-5-12(8-11)18(22)23/h6-7,9-12H,3-5,8H2,1-2H3,(H,22,23)/t11-,12+/m0/s1. The van der Waals surface area contributed by atoms with Crippen LogP contribution in [-0.4, -0.2) is 27.4 Å². The Hall–Kier alpha value is -2.08. The molecule has 3 rings (SSSR count). The zero-order chi connectivity index (χ0) is 18.0. The summed E-state index contributed by atoms with van der Waals surface area (Å²) in [5.74, 6) is 0.320. The highest BCUT2D eigenvalue weighted by Crippen LogP contribution is 2.38. The second-order valence-corrected chi connectivity index (χ2v) is 7.09. The van der Waals surface area contributed by atoms with Gasteiger partial charge in [-0.05, 0) is 51.3 Å². The first-order chi connectivity index (χ1) is 11.9. The first-order valence-electron chi connectivity index (χ1n) is 8.47. The average Bonchev–Trinajstić information content (AvgIpc) is 3.06. The Morgan fingerprint density at radius 2 is 2.16 bits per heavy atom. The van der Waals surface area contributed by atoms with Gasteiger partial charge in [0.05, 0.1) is 17.6 Å². The van der Waals surface area contributed by atoms with Gasteiger partial charge in [-0.2, -0.15) is 0 Å². The minimum atomic E-state index is -0.758. The van der Waals surface area contributed by atoms with E-state index in [0.29, 0.717) is 41.0 Å². The maximum Gasteiger partial charge on any atom is 0.306 e.